The number of likely N-dealkylation sites (N-methyl/N-ethyl adjacent to an activating group) is 1. The van der Waals surface area contributed by atoms with Crippen LogP contribution in [-0.2, 0) is 19.6 Å². The van der Waals surface area contributed by atoms with Gasteiger partial charge < -0.3 is 4.74 Å². The molecule has 10 heteroatoms. The Balaban J connectivity index is 1.69. The molecule has 0 spiro atoms. The van der Waals surface area contributed by atoms with Crippen molar-refractivity contribution in [1.29, 1.82) is 0 Å². The van der Waals surface area contributed by atoms with Crippen LogP contribution < -0.4 is 15.6 Å². The van der Waals surface area contributed by atoms with Crippen LogP contribution in [0.1, 0.15) is 18.4 Å². The lowest BCUT2D eigenvalue weighted by atomic mass is 10.2. The van der Waals surface area contributed by atoms with Crippen molar-refractivity contribution in [3.63, 3.8) is 0 Å². The van der Waals surface area contributed by atoms with Gasteiger partial charge in [0.05, 0.1) is 18.0 Å². The van der Waals surface area contributed by atoms with Crippen LogP contribution in [0, 0.1) is 6.92 Å². The summed E-state index contributed by atoms with van der Waals surface area (Å²) in [6, 6.07) is 13.2. The number of amides is 2. The van der Waals surface area contributed by atoms with Crippen molar-refractivity contribution < 1.29 is 22.7 Å². The topological polar surface area (TPSA) is 105 Å². The molecular formula is C20H24ClN3O5S. The summed E-state index contributed by atoms with van der Waals surface area (Å²) in [5.74, 6) is -0.349. The van der Waals surface area contributed by atoms with E-state index in [2.05, 4.69) is 10.9 Å². The third-order valence-electron chi connectivity index (χ3n) is 4.07. The number of ether oxygens (including phenoxy) is 1. The number of hydrazine groups is 1. The van der Waals surface area contributed by atoms with Crippen LogP contribution in [0.15, 0.2) is 53.4 Å². The molecule has 0 heterocycles. The lowest BCUT2D eigenvalue weighted by Crippen LogP contribution is -2.46. The van der Waals surface area contributed by atoms with Crippen molar-refractivity contribution in [2.24, 2.45) is 0 Å². The van der Waals surface area contributed by atoms with Gasteiger partial charge in [0.15, 0.2) is 0 Å². The fourth-order valence-corrected chi connectivity index (χ4v) is 3.63. The Morgan fingerprint density at radius 2 is 1.60 bits per heavy atom. The molecular weight excluding hydrogens is 430 g/mol. The molecule has 0 radical (unpaired) electrons. The molecule has 0 saturated carbocycles. The summed E-state index contributed by atoms with van der Waals surface area (Å²) < 4.78 is 31.3. The number of carbonyl (C=O) groups is 2. The SMILES string of the molecule is Cc1ccc(OCCCC(=O)NNC(=O)CN(C)S(=O)(=O)c2ccc(Cl)cc2)cc1. The number of nitrogens with one attached hydrogen (secondary N) is 2. The highest BCUT2D eigenvalue weighted by Crippen LogP contribution is 2.17. The Morgan fingerprint density at radius 1 is 1.00 bits per heavy atom. The van der Waals surface area contributed by atoms with E-state index in [-0.39, 0.29) is 11.3 Å². The van der Waals surface area contributed by atoms with E-state index in [0.717, 1.165) is 15.6 Å². The van der Waals surface area contributed by atoms with Crippen molar-refractivity contribution in [2.45, 2.75) is 24.7 Å². The molecule has 0 atom stereocenters. The lowest BCUT2D eigenvalue weighted by Gasteiger charge is -2.17. The van der Waals surface area contributed by atoms with Crippen LogP contribution in [0.25, 0.3) is 0 Å². The van der Waals surface area contributed by atoms with Crippen LogP contribution in [0.2, 0.25) is 5.02 Å². The molecule has 0 aromatic heterocycles. The van der Waals surface area contributed by atoms with E-state index in [1.54, 1.807) is 0 Å². The first-order valence-corrected chi connectivity index (χ1v) is 11.0. The third kappa shape index (κ3) is 7.33. The number of nitrogens with zero attached hydrogens (tertiary/aromatic N) is 1. The van der Waals surface area contributed by atoms with Crippen molar-refractivity contribution in [2.75, 3.05) is 20.2 Å². The van der Waals surface area contributed by atoms with Gasteiger partial charge in [-0.05, 0) is 49.7 Å². The monoisotopic (exact) mass is 453 g/mol. The number of carbonyl (C=O) groups excluding carboxylic acids is 2. The molecule has 0 saturated heterocycles. The van der Waals surface area contributed by atoms with Gasteiger partial charge >= 0.3 is 0 Å². The lowest BCUT2D eigenvalue weighted by molar-refractivity contribution is -0.129. The van der Waals surface area contributed by atoms with E-state index in [0.29, 0.717) is 18.1 Å². The van der Waals surface area contributed by atoms with E-state index >= 15 is 0 Å². The summed E-state index contributed by atoms with van der Waals surface area (Å²) in [7, 11) is -2.58. The fraction of sp³-hybridized carbons (Fsp3) is 0.300. The second kappa shape index (κ2) is 11.0. The quantitative estimate of drug-likeness (QED) is 0.447. The number of hydrogen-bond donors (Lipinski definition) is 2. The minimum atomic E-state index is -3.85. The standard InChI is InChI=1S/C20H24ClN3O5S/c1-15-5-9-17(10-6-15)29-13-3-4-19(25)22-23-20(26)14-24(2)30(27,28)18-11-7-16(21)8-12-18/h5-12H,3-4,13-14H2,1-2H3,(H,22,25)(H,23,26). The fourth-order valence-electron chi connectivity index (χ4n) is 2.37. The first-order valence-electron chi connectivity index (χ1n) is 9.17. The Hall–Kier alpha value is -2.62. The van der Waals surface area contributed by atoms with Gasteiger partial charge in [0.25, 0.3) is 5.91 Å². The molecule has 8 nitrogen and oxygen atoms in total. The molecule has 2 rings (SSSR count). The summed E-state index contributed by atoms with van der Waals surface area (Å²) >= 11 is 5.76. The number of halogens is 1. The van der Waals surface area contributed by atoms with Crippen LogP contribution in [0.4, 0.5) is 0 Å². The Bertz CT molecular complexity index is 963. The largest absolute Gasteiger partial charge is 0.494 e. The number of sulfonamides is 1. The summed E-state index contributed by atoms with van der Waals surface area (Å²) in [6.07, 6.45) is 0.603. The zero-order valence-electron chi connectivity index (χ0n) is 16.7. The summed E-state index contributed by atoms with van der Waals surface area (Å²) in [5, 5.41) is 0.404. The van der Waals surface area contributed by atoms with Gasteiger partial charge in [0.2, 0.25) is 15.9 Å². The Labute approximate surface area is 181 Å². The van der Waals surface area contributed by atoms with E-state index in [1.165, 1.54) is 31.3 Å². The van der Waals surface area contributed by atoms with E-state index < -0.39 is 28.4 Å². The summed E-state index contributed by atoms with van der Waals surface area (Å²) in [5.41, 5.74) is 5.59. The predicted octanol–water partition coefficient (Wildman–Crippen LogP) is 2.28. The first-order chi connectivity index (χ1) is 14.2. The molecule has 0 aliphatic carbocycles. The highest BCUT2D eigenvalue weighted by molar-refractivity contribution is 7.89. The molecule has 30 heavy (non-hydrogen) atoms. The normalized spacial score (nSPS) is 11.2. The van der Waals surface area contributed by atoms with Crippen molar-refractivity contribution >= 4 is 33.4 Å². The second-order valence-corrected chi connectivity index (χ2v) is 9.06. The third-order valence-corrected chi connectivity index (χ3v) is 6.14. The minimum Gasteiger partial charge on any atom is -0.494 e. The van der Waals surface area contributed by atoms with Gasteiger partial charge in [-0.3, -0.25) is 20.4 Å². The van der Waals surface area contributed by atoms with Gasteiger partial charge in [-0.15, -0.1) is 0 Å². The summed E-state index contributed by atoms with van der Waals surface area (Å²) in [6.45, 7) is 1.88. The first kappa shape index (κ1) is 23.7. The predicted molar refractivity (Wildman–Crippen MR) is 113 cm³/mol. The van der Waals surface area contributed by atoms with Crippen molar-refractivity contribution in [3.8, 4) is 5.75 Å². The molecule has 0 aliphatic heterocycles. The zero-order chi connectivity index (χ0) is 22.1. The molecule has 2 aromatic carbocycles. The summed E-state index contributed by atoms with van der Waals surface area (Å²) in [4.78, 5) is 23.8. The van der Waals surface area contributed by atoms with E-state index in [9.17, 15) is 18.0 Å². The molecule has 0 bridgehead atoms. The molecule has 0 fully saturated rings. The van der Waals surface area contributed by atoms with Crippen LogP contribution in [0.5, 0.6) is 5.75 Å². The number of rotatable bonds is 9. The van der Waals surface area contributed by atoms with Crippen LogP contribution in [0.3, 0.4) is 0 Å². The smallest absolute Gasteiger partial charge is 0.253 e. The Kier molecular flexibility index (Phi) is 8.64. The van der Waals surface area contributed by atoms with E-state index in [1.807, 2.05) is 31.2 Å². The highest BCUT2D eigenvalue weighted by atomic mass is 35.5. The molecule has 162 valence electrons. The van der Waals surface area contributed by atoms with Gasteiger partial charge in [0, 0.05) is 18.5 Å². The van der Waals surface area contributed by atoms with Crippen molar-refractivity contribution in [1.82, 2.24) is 15.2 Å². The molecule has 2 N–H and O–H groups in total. The molecule has 0 aliphatic rings. The number of aryl methyl sites for hydroxylation is 1. The highest BCUT2D eigenvalue weighted by Gasteiger charge is 2.23. The maximum Gasteiger partial charge on any atom is 0.253 e. The Morgan fingerprint density at radius 3 is 2.23 bits per heavy atom. The van der Waals surface area contributed by atoms with Gasteiger partial charge in [-0.25, -0.2) is 8.42 Å². The second-order valence-electron chi connectivity index (χ2n) is 6.58. The van der Waals surface area contributed by atoms with Gasteiger partial charge in [0.1, 0.15) is 5.75 Å². The maximum absolute atomic E-state index is 12.4. The molecule has 2 amide bonds. The van der Waals surface area contributed by atoms with E-state index in [4.69, 9.17) is 16.3 Å². The number of benzene rings is 2. The number of hydrogen-bond acceptors (Lipinski definition) is 5. The van der Waals surface area contributed by atoms with Crippen LogP contribution >= 0.6 is 11.6 Å². The molecule has 0 unspecified atom stereocenters. The van der Waals surface area contributed by atoms with Crippen molar-refractivity contribution in [3.05, 3.63) is 59.1 Å². The zero-order valence-corrected chi connectivity index (χ0v) is 18.3. The van der Waals surface area contributed by atoms with Gasteiger partial charge in [-0.1, -0.05) is 29.3 Å². The molecule has 2 aromatic rings. The average Bonchev–Trinajstić information content (AvgIpc) is 2.71. The average molecular weight is 454 g/mol. The van der Waals surface area contributed by atoms with Crippen LogP contribution in [-0.4, -0.2) is 44.7 Å². The van der Waals surface area contributed by atoms with Gasteiger partial charge in [-0.2, -0.15) is 4.31 Å². The minimum absolute atomic E-state index is 0.0137. The maximum atomic E-state index is 12.4.